The Morgan fingerprint density at radius 3 is 2.36 bits per heavy atom. The van der Waals surface area contributed by atoms with Gasteiger partial charge in [0.15, 0.2) is 11.5 Å². The quantitative estimate of drug-likeness (QED) is 0.508. The highest BCUT2D eigenvalue weighted by atomic mass is 16.5. The van der Waals surface area contributed by atoms with E-state index >= 15 is 0 Å². The van der Waals surface area contributed by atoms with Crippen LogP contribution in [0.1, 0.15) is 38.2 Å². The number of benzene rings is 1. The smallest absolute Gasteiger partial charge is 0.312 e. The van der Waals surface area contributed by atoms with Gasteiger partial charge in [0, 0.05) is 25.2 Å². The Morgan fingerprint density at radius 1 is 0.960 bits per heavy atom. The Bertz CT molecular complexity index is 603. The van der Waals surface area contributed by atoms with Crippen molar-refractivity contribution in [3.63, 3.8) is 0 Å². The molecule has 2 amide bonds. The van der Waals surface area contributed by atoms with Gasteiger partial charge in [-0.05, 0) is 12.5 Å². The van der Waals surface area contributed by atoms with Crippen LogP contribution in [0.4, 0.5) is 0 Å². The Balaban J connectivity index is 1.99. The summed E-state index contributed by atoms with van der Waals surface area (Å²) in [5, 5.41) is 0. The molecule has 1 fully saturated rings. The van der Waals surface area contributed by atoms with Gasteiger partial charge in [-0.1, -0.05) is 38.3 Å². The number of hydrogen-bond acceptors (Lipinski definition) is 4. The normalized spacial score (nSPS) is 14.8. The number of para-hydroxylation sites is 1. The van der Waals surface area contributed by atoms with Crippen LogP contribution in [0.25, 0.3) is 0 Å². The number of ether oxygens (including phenoxy) is 2. The van der Waals surface area contributed by atoms with Crippen LogP contribution < -0.4 is 9.47 Å². The topological polar surface area (TPSA) is 59.1 Å². The molecule has 2 rings (SSSR count). The molecule has 25 heavy (non-hydrogen) atoms. The average molecular weight is 348 g/mol. The first-order chi connectivity index (χ1) is 12.1. The molecule has 0 aromatic heterocycles. The van der Waals surface area contributed by atoms with Crippen molar-refractivity contribution in [2.75, 3.05) is 33.9 Å². The van der Waals surface area contributed by atoms with Crippen LogP contribution in [0.5, 0.6) is 11.5 Å². The Labute approximate surface area is 149 Å². The largest absolute Gasteiger partial charge is 0.493 e. The molecule has 0 atom stereocenters. The second kappa shape index (κ2) is 9.30. The Kier molecular flexibility index (Phi) is 7.10. The lowest BCUT2D eigenvalue weighted by Crippen LogP contribution is -2.54. The molecule has 0 N–H and O–H groups in total. The van der Waals surface area contributed by atoms with E-state index in [2.05, 4.69) is 6.92 Å². The van der Waals surface area contributed by atoms with Gasteiger partial charge in [-0.3, -0.25) is 9.59 Å². The van der Waals surface area contributed by atoms with Crippen molar-refractivity contribution in [2.24, 2.45) is 0 Å². The number of rotatable bonds is 9. The van der Waals surface area contributed by atoms with Gasteiger partial charge < -0.3 is 19.3 Å². The molecule has 1 aliphatic rings. The van der Waals surface area contributed by atoms with Crippen LogP contribution in [0.15, 0.2) is 18.2 Å². The zero-order chi connectivity index (χ0) is 18.2. The minimum Gasteiger partial charge on any atom is -0.493 e. The molecule has 0 saturated carbocycles. The van der Waals surface area contributed by atoms with Crippen molar-refractivity contribution in [3.8, 4) is 11.5 Å². The van der Waals surface area contributed by atoms with E-state index in [-0.39, 0.29) is 0 Å². The fourth-order valence-electron chi connectivity index (χ4n) is 3.09. The average Bonchev–Trinajstić information content (AvgIpc) is 2.63. The SMILES string of the molecule is CCCCCCN1CCN(Cc2cccc(OC)c2OC)C(=O)C1=O. The van der Waals surface area contributed by atoms with Crippen molar-refractivity contribution >= 4 is 11.8 Å². The highest BCUT2D eigenvalue weighted by molar-refractivity contribution is 6.35. The molecule has 1 aromatic rings. The predicted octanol–water partition coefficient (Wildman–Crippen LogP) is 2.45. The highest BCUT2D eigenvalue weighted by Crippen LogP contribution is 2.31. The highest BCUT2D eigenvalue weighted by Gasteiger charge is 2.32. The van der Waals surface area contributed by atoms with E-state index in [4.69, 9.17) is 9.47 Å². The lowest BCUT2D eigenvalue weighted by molar-refractivity contribution is -0.156. The maximum atomic E-state index is 12.4. The van der Waals surface area contributed by atoms with Gasteiger partial charge in [-0.25, -0.2) is 0 Å². The van der Waals surface area contributed by atoms with E-state index in [1.807, 2.05) is 18.2 Å². The van der Waals surface area contributed by atoms with Crippen LogP contribution in [-0.2, 0) is 16.1 Å². The van der Waals surface area contributed by atoms with E-state index in [0.29, 0.717) is 37.7 Å². The van der Waals surface area contributed by atoms with Crippen molar-refractivity contribution < 1.29 is 19.1 Å². The summed E-state index contributed by atoms with van der Waals surface area (Å²) in [6.07, 6.45) is 4.37. The number of nitrogens with zero attached hydrogens (tertiary/aromatic N) is 2. The Morgan fingerprint density at radius 2 is 1.68 bits per heavy atom. The third-order valence-corrected chi connectivity index (χ3v) is 4.52. The molecule has 1 aliphatic heterocycles. The number of methoxy groups -OCH3 is 2. The van der Waals surface area contributed by atoms with Crippen LogP contribution in [0.3, 0.4) is 0 Å². The number of unbranched alkanes of at least 4 members (excludes halogenated alkanes) is 3. The first kappa shape index (κ1) is 19.1. The summed E-state index contributed by atoms with van der Waals surface area (Å²) < 4.78 is 10.7. The first-order valence-electron chi connectivity index (χ1n) is 8.90. The summed E-state index contributed by atoms with van der Waals surface area (Å²) in [6.45, 7) is 4.29. The van der Waals surface area contributed by atoms with E-state index in [0.717, 1.165) is 31.2 Å². The standard InChI is InChI=1S/C19H28N2O4/c1-4-5-6-7-11-20-12-13-21(19(23)18(20)22)14-15-9-8-10-16(24-2)17(15)25-3/h8-10H,4-7,11-14H2,1-3H3. The predicted molar refractivity (Wildman–Crippen MR) is 95.7 cm³/mol. The first-order valence-corrected chi connectivity index (χ1v) is 8.90. The van der Waals surface area contributed by atoms with E-state index < -0.39 is 11.8 Å². The fraction of sp³-hybridized carbons (Fsp3) is 0.579. The van der Waals surface area contributed by atoms with Gasteiger partial charge in [0.1, 0.15) is 0 Å². The minimum atomic E-state index is -0.438. The second-order valence-corrected chi connectivity index (χ2v) is 6.23. The molecule has 1 aromatic carbocycles. The maximum absolute atomic E-state index is 12.4. The van der Waals surface area contributed by atoms with E-state index in [9.17, 15) is 9.59 Å². The van der Waals surface area contributed by atoms with E-state index in [1.165, 1.54) is 0 Å². The molecule has 6 nitrogen and oxygen atoms in total. The molecule has 1 heterocycles. The summed E-state index contributed by atoms with van der Waals surface area (Å²) >= 11 is 0. The summed E-state index contributed by atoms with van der Waals surface area (Å²) in [5.74, 6) is 0.386. The molecular weight excluding hydrogens is 320 g/mol. The molecule has 0 bridgehead atoms. The van der Waals surface area contributed by atoms with Gasteiger partial charge in [0.2, 0.25) is 0 Å². The number of amides is 2. The number of hydrogen-bond donors (Lipinski definition) is 0. The van der Waals surface area contributed by atoms with Gasteiger partial charge in [0.05, 0.1) is 20.8 Å². The molecule has 0 radical (unpaired) electrons. The third-order valence-electron chi connectivity index (χ3n) is 4.52. The lowest BCUT2D eigenvalue weighted by Gasteiger charge is -2.34. The van der Waals surface area contributed by atoms with Gasteiger partial charge in [-0.2, -0.15) is 0 Å². The van der Waals surface area contributed by atoms with Crippen molar-refractivity contribution in [2.45, 2.75) is 39.2 Å². The van der Waals surface area contributed by atoms with Crippen molar-refractivity contribution in [3.05, 3.63) is 23.8 Å². The Hall–Kier alpha value is -2.24. The summed E-state index contributed by atoms with van der Waals surface area (Å²) in [4.78, 5) is 28.1. The zero-order valence-corrected chi connectivity index (χ0v) is 15.4. The summed E-state index contributed by atoms with van der Waals surface area (Å²) in [6, 6.07) is 5.55. The van der Waals surface area contributed by atoms with Crippen molar-refractivity contribution in [1.82, 2.24) is 9.80 Å². The van der Waals surface area contributed by atoms with E-state index in [1.54, 1.807) is 24.0 Å². The second-order valence-electron chi connectivity index (χ2n) is 6.23. The number of piperazine rings is 1. The summed E-state index contributed by atoms with van der Waals surface area (Å²) in [7, 11) is 3.15. The van der Waals surface area contributed by atoms with Crippen LogP contribution in [0.2, 0.25) is 0 Å². The molecule has 0 unspecified atom stereocenters. The molecule has 1 saturated heterocycles. The van der Waals surface area contributed by atoms with Gasteiger partial charge in [0.25, 0.3) is 0 Å². The van der Waals surface area contributed by atoms with Crippen molar-refractivity contribution in [1.29, 1.82) is 0 Å². The molecule has 0 spiro atoms. The van der Waals surface area contributed by atoms with Crippen LogP contribution in [-0.4, -0.2) is 55.5 Å². The summed E-state index contributed by atoms with van der Waals surface area (Å²) in [5.41, 5.74) is 0.833. The molecule has 138 valence electrons. The molecule has 6 heteroatoms. The number of carbonyl (C=O) groups excluding carboxylic acids is 2. The third kappa shape index (κ3) is 4.65. The van der Waals surface area contributed by atoms with Gasteiger partial charge in [-0.15, -0.1) is 0 Å². The minimum absolute atomic E-state index is 0.342. The molecule has 0 aliphatic carbocycles. The van der Waals surface area contributed by atoms with Gasteiger partial charge >= 0.3 is 11.8 Å². The van der Waals surface area contributed by atoms with Crippen LogP contribution >= 0.6 is 0 Å². The maximum Gasteiger partial charge on any atom is 0.312 e. The monoisotopic (exact) mass is 348 g/mol. The zero-order valence-electron chi connectivity index (χ0n) is 15.4. The number of carbonyl (C=O) groups is 2. The lowest BCUT2D eigenvalue weighted by atomic mass is 10.1. The van der Waals surface area contributed by atoms with Crippen LogP contribution in [0, 0.1) is 0 Å². The fourth-order valence-corrected chi connectivity index (χ4v) is 3.09. The molecular formula is C19H28N2O4.